The SMILES string of the molecule is CC1CN(c2ccc(Nc3ncc4cc(C(=O)C(C)C)c(=O)n(Cc5cnccc5S(=O)(=O)c5ccccc5)c4n3)cc2F)CC(C)N1. The molecule has 0 saturated carbocycles. The van der Waals surface area contributed by atoms with Crippen LogP contribution in [-0.4, -0.2) is 58.9 Å². The highest BCUT2D eigenvalue weighted by Crippen LogP contribution is 2.28. The Hall–Kier alpha value is -5.01. The lowest BCUT2D eigenvalue weighted by Gasteiger charge is -2.37. The molecular weight excluding hydrogens is 633 g/mol. The third-order valence-corrected chi connectivity index (χ3v) is 10.1. The minimum Gasteiger partial charge on any atom is -0.366 e. The monoisotopic (exact) mass is 669 g/mol. The van der Waals surface area contributed by atoms with Gasteiger partial charge in [-0.2, -0.15) is 4.98 Å². The van der Waals surface area contributed by atoms with E-state index in [9.17, 15) is 18.0 Å². The van der Waals surface area contributed by atoms with Gasteiger partial charge in [0.05, 0.1) is 27.6 Å². The Labute approximate surface area is 277 Å². The molecule has 48 heavy (non-hydrogen) atoms. The molecule has 1 aliphatic rings. The van der Waals surface area contributed by atoms with Gasteiger partial charge >= 0.3 is 0 Å². The average Bonchev–Trinajstić information content (AvgIpc) is 3.06. The summed E-state index contributed by atoms with van der Waals surface area (Å²) < 4.78 is 43.9. The molecule has 0 spiro atoms. The van der Waals surface area contributed by atoms with E-state index in [1.807, 2.05) is 4.90 Å². The number of anilines is 3. The van der Waals surface area contributed by atoms with Gasteiger partial charge in [-0.05, 0) is 56.3 Å². The van der Waals surface area contributed by atoms with Crippen LogP contribution in [-0.2, 0) is 16.4 Å². The second-order valence-corrected chi connectivity index (χ2v) is 14.3. The van der Waals surface area contributed by atoms with Crippen LogP contribution in [0.3, 0.4) is 0 Å². The van der Waals surface area contributed by atoms with E-state index >= 15 is 4.39 Å². The van der Waals surface area contributed by atoms with Gasteiger partial charge in [0.2, 0.25) is 15.8 Å². The number of halogens is 1. The highest BCUT2D eigenvalue weighted by molar-refractivity contribution is 7.91. The number of pyridine rings is 2. The van der Waals surface area contributed by atoms with Crippen LogP contribution in [0.1, 0.15) is 43.6 Å². The number of rotatable bonds is 9. The van der Waals surface area contributed by atoms with Gasteiger partial charge < -0.3 is 15.5 Å². The largest absolute Gasteiger partial charge is 0.366 e. The number of hydrogen-bond acceptors (Lipinski definition) is 10. The summed E-state index contributed by atoms with van der Waals surface area (Å²) in [6.07, 6.45) is 4.23. The first-order valence-corrected chi connectivity index (χ1v) is 17.2. The summed E-state index contributed by atoms with van der Waals surface area (Å²) in [4.78, 5) is 42.3. The highest BCUT2D eigenvalue weighted by atomic mass is 32.2. The number of hydrogen-bond donors (Lipinski definition) is 2. The zero-order valence-corrected chi connectivity index (χ0v) is 27.8. The predicted molar refractivity (Wildman–Crippen MR) is 182 cm³/mol. The summed E-state index contributed by atoms with van der Waals surface area (Å²) in [7, 11) is -3.98. The van der Waals surface area contributed by atoms with Gasteiger partial charge in [0.1, 0.15) is 11.5 Å². The van der Waals surface area contributed by atoms with Crippen molar-refractivity contribution in [3.05, 3.63) is 107 Å². The van der Waals surface area contributed by atoms with Crippen molar-refractivity contribution in [2.24, 2.45) is 5.92 Å². The van der Waals surface area contributed by atoms with E-state index in [1.165, 1.54) is 53.5 Å². The second-order valence-electron chi connectivity index (χ2n) is 12.4. The Kier molecular flexibility index (Phi) is 9.08. The molecule has 0 bridgehead atoms. The lowest BCUT2D eigenvalue weighted by atomic mass is 10.0. The van der Waals surface area contributed by atoms with Crippen LogP contribution in [0.2, 0.25) is 0 Å². The summed E-state index contributed by atoms with van der Waals surface area (Å²) in [5, 5.41) is 6.86. The molecule has 3 aromatic heterocycles. The third-order valence-electron chi connectivity index (χ3n) is 8.25. The second kappa shape index (κ2) is 13.2. The number of benzene rings is 2. The molecule has 1 fully saturated rings. The number of Topliss-reactive ketones (excluding diaryl/α,β-unsaturated/α-hetero) is 1. The molecule has 13 heteroatoms. The number of sulfone groups is 1. The van der Waals surface area contributed by atoms with Crippen LogP contribution >= 0.6 is 0 Å². The zero-order valence-electron chi connectivity index (χ0n) is 27.0. The predicted octanol–water partition coefficient (Wildman–Crippen LogP) is 4.98. The molecule has 5 aromatic rings. The third kappa shape index (κ3) is 6.56. The summed E-state index contributed by atoms with van der Waals surface area (Å²) in [6, 6.07) is 16.0. The summed E-state index contributed by atoms with van der Waals surface area (Å²) in [6.45, 7) is 8.61. The van der Waals surface area contributed by atoms with Crippen molar-refractivity contribution in [3.8, 4) is 0 Å². The van der Waals surface area contributed by atoms with E-state index in [4.69, 9.17) is 0 Å². The molecular formula is C35H36FN7O4S. The zero-order chi connectivity index (χ0) is 34.2. The lowest BCUT2D eigenvalue weighted by molar-refractivity contribution is 0.0937. The molecule has 248 valence electrons. The number of nitrogens with one attached hydrogen (secondary N) is 2. The van der Waals surface area contributed by atoms with E-state index < -0.39 is 27.1 Å². The minimum absolute atomic E-state index is 0.0272. The molecule has 0 radical (unpaired) electrons. The number of ketones is 1. The molecule has 0 aliphatic carbocycles. The van der Waals surface area contributed by atoms with Crippen LogP contribution in [0.4, 0.5) is 21.7 Å². The Morgan fingerprint density at radius 2 is 1.77 bits per heavy atom. The fraction of sp³-hybridized carbons (Fsp3) is 0.286. The standard InChI is InChI=1S/C35H36FN7O4S/c1-21(2)32(44)28-14-24-17-38-35(40-26-10-11-30(29(36)15-26)42-18-22(3)39-23(4)19-42)41-33(24)43(34(28)45)20-25-16-37-13-12-31(25)48(46,47)27-8-6-5-7-9-27/h5-17,21-23,39H,18-20H2,1-4H3,(H,38,40,41). The number of carbonyl (C=O) groups excluding carboxylic acids is 1. The van der Waals surface area contributed by atoms with Gasteiger partial charge in [-0.25, -0.2) is 17.8 Å². The van der Waals surface area contributed by atoms with Crippen LogP contribution in [0.15, 0.2) is 93.8 Å². The first kappa shape index (κ1) is 32.9. The Morgan fingerprint density at radius 3 is 2.46 bits per heavy atom. The minimum atomic E-state index is -3.98. The highest BCUT2D eigenvalue weighted by Gasteiger charge is 2.25. The van der Waals surface area contributed by atoms with Crippen molar-refractivity contribution in [3.63, 3.8) is 0 Å². The molecule has 0 amide bonds. The van der Waals surface area contributed by atoms with Gasteiger partial charge in [0.25, 0.3) is 5.56 Å². The molecule has 2 unspecified atom stereocenters. The first-order valence-electron chi connectivity index (χ1n) is 15.7. The van der Waals surface area contributed by atoms with Crippen LogP contribution < -0.4 is 21.1 Å². The van der Waals surface area contributed by atoms with Crippen molar-refractivity contribution in [1.82, 2.24) is 24.8 Å². The smallest absolute Gasteiger partial charge is 0.263 e. The van der Waals surface area contributed by atoms with Crippen LogP contribution in [0, 0.1) is 11.7 Å². The van der Waals surface area contributed by atoms with E-state index in [0.29, 0.717) is 29.9 Å². The molecule has 11 nitrogen and oxygen atoms in total. The van der Waals surface area contributed by atoms with Crippen LogP contribution in [0.25, 0.3) is 11.0 Å². The Bertz CT molecular complexity index is 2160. The van der Waals surface area contributed by atoms with E-state index in [-0.39, 0.29) is 56.9 Å². The molecule has 4 heterocycles. The van der Waals surface area contributed by atoms with Crippen LogP contribution in [0.5, 0.6) is 0 Å². The van der Waals surface area contributed by atoms with E-state index in [1.54, 1.807) is 44.2 Å². The lowest BCUT2D eigenvalue weighted by Crippen LogP contribution is -2.54. The van der Waals surface area contributed by atoms with Gasteiger partial charge in [0.15, 0.2) is 5.78 Å². The van der Waals surface area contributed by atoms with Crippen molar-refractivity contribution in [2.45, 2.75) is 56.1 Å². The number of nitrogens with zero attached hydrogens (tertiary/aromatic N) is 5. The maximum atomic E-state index is 15.4. The Morgan fingerprint density at radius 1 is 1.04 bits per heavy atom. The van der Waals surface area contributed by atoms with Crippen molar-refractivity contribution < 1.29 is 17.6 Å². The average molecular weight is 670 g/mol. The summed E-state index contributed by atoms with van der Waals surface area (Å²) in [5.41, 5.74) is 0.594. The topological polar surface area (TPSA) is 139 Å². The first-order chi connectivity index (χ1) is 22.9. The van der Waals surface area contributed by atoms with E-state index in [0.717, 1.165) is 0 Å². The summed E-state index contributed by atoms with van der Waals surface area (Å²) in [5.74, 6) is -1.16. The van der Waals surface area contributed by atoms with Gasteiger partial charge in [0, 0.05) is 66.3 Å². The van der Waals surface area contributed by atoms with E-state index in [2.05, 4.69) is 39.4 Å². The van der Waals surface area contributed by atoms with Crippen molar-refractivity contribution in [2.75, 3.05) is 23.3 Å². The van der Waals surface area contributed by atoms with Gasteiger partial charge in [-0.3, -0.25) is 19.1 Å². The van der Waals surface area contributed by atoms with Crippen molar-refractivity contribution >= 4 is 44.0 Å². The maximum absolute atomic E-state index is 15.4. The van der Waals surface area contributed by atoms with Gasteiger partial charge in [-0.15, -0.1) is 0 Å². The number of fused-ring (bicyclic) bond motifs is 1. The quantitative estimate of drug-likeness (QED) is 0.207. The number of aromatic nitrogens is 4. The molecule has 2 atom stereocenters. The fourth-order valence-electron chi connectivity index (χ4n) is 6.04. The normalized spacial score (nSPS) is 16.8. The van der Waals surface area contributed by atoms with Crippen molar-refractivity contribution in [1.29, 1.82) is 0 Å². The summed E-state index contributed by atoms with van der Waals surface area (Å²) >= 11 is 0. The number of piperazine rings is 1. The molecule has 2 aromatic carbocycles. The molecule has 6 rings (SSSR count). The van der Waals surface area contributed by atoms with Gasteiger partial charge in [-0.1, -0.05) is 32.0 Å². The maximum Gasteiger partial charge on any atom is 0.263 e. The molecule has 2 N–H and O–H groups in total. The Balaban J connectivity index is 1.41. The number of carbonyl (C=O) groups is 1. The fourth-order valence-corrected chi connectivity index (χ4v) is 7.51. The molecule has 1 aliphatic heterocycles. The molecule has 1 saturated heterocycles.